The number of allylic oxidation sites excluding steroid dienone is 5. The fourth-order valence-corrected chi connectivity index (χ4v) is 0.542. The van der Waals surface area contributed by atoms with E-state index in [-0.39, 0.29) is 7.43 Å². The SMILES string of the molecule is C.C=C/C(C)=C(C)\C=C/C.CC. The fraction of sp³-hybridized carbons (Fsp3) is 0.500. The van der Waals surface area contributed by atoms with Crippen LogP contribution in [0.25, 0.3) is 0 Å². The van der Waals surface area contributed by atoms with Gasteiger partial charge in [0.05, 0.1) is 0 Å². The summed E-state index contributed by atoms with van der Waals surface area (Å²) in [6, 6.07) is 0. The molecule has 12 heavy (non-hydrogen) atoms. The van der Waals surface area contributed by atoms with Crippen LogP contribution in [-0.4, -0.2) is 0 Å². The zero-order valence-corrected chi connectivity index (χ0v) is 8.44. The van der Waals surface area contributed by atoms with Gasteiger partial charge >= 0.3 is 0 Å². The lowest BCUT2D eigenvalue weighted by Gasteiger charge is -1.93. The highest BCUT2D eigenvalue weighted by atomic mass is 13.9. The van der Waals surface area contributed by atoms with E-state index in [0.717, 1.165) is 0 Å². The quantitative estimate of drug-likeness (QED) is 0.522. The van der Waals surface area contributed by atoms with Gasteiger partial charge in [-0.3, -0.25) is 0 Å². The summed E-state index contributed by atoms with van der Waals surface area (Å²) in [6.45, 7) is 13.8. The molecule has 72 valence electrons. The van der Waals surface area contributed by atoms with Crippen LogP contribution in [0.4, 0.5) is 0 Å². The molecule has 0 aliphatic rings. The van der Waals surface area contributed by atoms with E-state index in [2.05, 4.69) is 26.5 Å². The molecular weight excluding hydrogens is 144 g/mol. The van der Waals surface area contributed by atoms with Gasteiger partial charge < -0.3 is 0 Å². The monoisotopic (exact) mass is 168 g/mol. The largest absolute Gasteiger partial charge is 0.0988 e. The van der Waals surface area contributed by atoms with E-state index in [9.17, 15) is 0 Å². The minimum atomic E-state index is 0. The Morgan fingerprint density at radius 1 is 1.08 bits per heavy atom. The van der Waals surface area contributed by atoms with Crippen molar-refractivity contribution in [2.24, 2.45) is 0 Å². The molecule has 0 bridgehead atoms. The Kier molecular flexibility index (Phi) is 18.6. The van der Waals surface area contributed by atoms with Crippen LogP contribution in [0.5, 0.6) is 0 Å². The summed E-state index contributed by atoms with van der Waals surface area (Å²) in [5.74, 6) is 0. The molecule has 0 radical (unpaired) electrons. The first-order valence-corrected chi connectivity index (χ1v) is 4.15. The van der Waals surface area contributed by atoms with Crippen molar-refractivity contribution in [1.29, 1.82) is 0 Å². The molecule has 0 aromatic heterocycles. The van der Waals surface area contributed by atoms with Crippen LogP contribution in [-0.2, 0) is 0 Å². The third-order valence-electron chi connectivity index (χ3n) is 1.34. The van der Waals surface area contributed by atoms with E-state index < -0.39 is 0 Å². The Hall–Kier alpha value is -0.780. The van der Waals surface area contributed by atoms with E-state index >= 15 is 0 Å². The summed E-state index contributed by atoms with van der Waals surface area (Å²) >= 11 is 0. The van der Waals surface area contributed by atoms with Gasteiger partial charge in [0, 0.05) is 0 Å². The normalized spacial score (nSPS) is 10.8. The maximum atomic E-state index is 3.67. The van der Waals surface area contributed by atoms with Crippen molar-refractivity contribution in [2.75, 3.05) is 0 Å². The average molecular weight is 168 g/mol. The highest BCUT2D eigenvalue weighted by molar-refractivity contribution is 5.28. The molecule has 0 aromatic rings. The standard InChI is InChI=1S/C9H14.C2H6.CH4/c1-5-7-9(4)8(3)6-2;1-2;/h5-7H,2H2,1,3-4H3;1-2H3;1H4/b7-5-,9-8-;;. The highest BCUT2D eigenvalue weighted by Gasteiger charge is 1.83. The van der Waals surface area contributed by atoms with Crippen molar-refractivity contribution in [2.45, 2.75) is 42.0 Å². The molecule has 0 aliphatic carbocycles. The zero-order chi connectivity index (χ0) is 9.28. The minimum Gasteiger partial charge on any atom is -0.0988 e. The molecule has 0 aliphatic heterocycles. The Bertz CT molecular complexity index is 147. The van der Waals surface area contributed by atoms with Crippen LogP contribution in [0.3, 0.4) is 0 Å². The molecule has 0 aromatic carbocycles. The Balaban J connectivity index is -0.000000249. The maximum Gasteiger partial charge on any atom is -0.0395 e. The molecule has 0 unspecified atom stereocenters. The van der Waals surface area contributed by atoms with Gasteiger partial charge in [-0.1, -0.05) is 46.1 Å². The van der Waals surface area contributed by atoms with E-state index in [1.54, 1.807) is 0 Å². The van der Waals surface area contributed by atoms with E-state index in [1.807, 2.05) is 32.9 Å². The Morgan fingerprint density at radius 2 is 1.50 bits per heavy atom. The lowest BCUT2D eigenvalue weighted by atomic mass is 10.1. The molecule has 0 nitrogen and oxygen atoms in total. The first-order valence-electron chi connectivity index (χ1n) is 4.15. The average Bonchev–Trinajstić information content (AvgIpc) is 2.07. The maximum absolute atomic E-state index is 3.67. The summed E-state index contributed by atoms with van der Waals surface area (Å²) < 4.78 is 0. The predicted molar refractivity (Wildman–Crippen MR) is 61.5 cm³/mol. The first kappa shape index (κ1) is 17.3. The molecule has 0 atom stereocenters. The zero-order valence-electron chi connectivity index (χ0n) is 8.44. The summed E-state index contributed by atoms with van der Waals surface area (Å²) in [5.41, 5.74) is 2.53. The fourth-order valence-electron chi connectivity index (χ4n) is 0.542. The molecule has 0 saturated carbocycles. The third-order valence-corrected chi connectivity index (χ3v) is 1.34. The van der Waals surface area contributed by atoms with Gasteiger partial charge in [-0.15, -0.1) is 0 Å². The summed E-state index contributed by atoms with van der Waals surface area (Å²) in [7, 11) is 0. The molecular formula is C12H24. The van der Waals surface area contributed by atoms with E-state index in [0.29, 0.717) is 0 Å². The summed E-state index contributed by atoms with van der Waals surface area (Å²) in [4.78, 5) is 0. The van der Waals surface area contributed by atoms with Gasteiger partial charge in [0.2, 0.25) is 0 Å². The van der Waals surface area contributed by atoms with Crippen molar-refractivity contribution in [3.63, 3.8) is 0 Å². The van der Waals surface area contributed by atoms with Gasteiger partial charge in [-0.25, -0.2) is 0 Å². The highest BCUT2D eigenvalue weighted by Crippen LogP contribution is 2.04. The van der Waals surface area contributed by atoms with Gasteiger partial charge in [0.1, 0.15) is 0 Å². The second kappa shape index (κ2) is 12.9. The topological polar surface area (TPSA) is 0 Å². The molecule has 0 N–H and O–H groups in total. The number of rotatable bonds is 2. The lowest BCUT2D eigenvalue weighted by Crippen LogP contribution is -1.73. The number of hydrogen-bond donors (Lipinski definition) is 0. The van der Waals surface area contributed by atoms with Crippen molar-refractivity contribution in [1.82, 2.24) is 0 Å². The second-order valence-corrected chi connectivity index (χ2v) is 2.07. The van der Waals surface area contributed by atoms with Crippen LogP contribution >= 0.6 is 0 Å². The van der Waals surface area contributed by atoms with Crippen molar-refractivity contribution < 1.29 is 0 Å². The van der Waals surface area contributed by atoms with Crippen molar-refractivity contribution >= 4 is 0 Å². The summed E-state index contributed by atoms with van der Waals surface area (Å²) in [5, 5.41) is 0. The van der Waals surface area contributed by atoms with Crippen LogP contribution in [0, 0.1) is 0 Å². The van der Waals surface area contributed by atoms with Crippen molar-refractivity contribution in [3.05, 3.63) is 36.0 Å². The first-order chi connectivity index (χ1) is 5.22. The Morgan fingerprint density at radius 3 is 1.75 bits per heavy atom. The molecule has 0 spiro atoms. The van der Waals surface area contributed by atoms with Crippen LogP contribution in [0.1, 0.15) is 42.0 Å². The number of hydrogen-bond acceptors (Lipinski definition) is 0. The minimum absolute atomic E-state index is 0. The smallest absolute Gasteiger partial charge is 0.0395 e. The van der Waals surface area contributed by atoms with E-state index in [4.69, 9.17) is 0 Å². The predicted octanol–water partition coefficient (Wildman–Crippen LogP) is 4.75. The van der Waals surface area contributed by atoms with Crippen LogP contribution in [0.2, 0.25) is 0 Å². The van der Waals surface area contributed by atoms with Gasteiger partial charge in [-0.05, 0) is 31.9 Å². The molecule has 0 heterocycles. The third kappa shape index (κ3) is 9.22. The van der Waals surface area contributed by atoms with Crippen molar-refractivity contribution in [3.8, 4) is 0 Å². The lowest BCUT2D eigenvalue weighted by molar-refractivity contribution is 1.37. The van der Waals surface area contributed by atoms with E-state index in [1.165, 1.54) is 11.1 Å². The second-order valence-electron chi connectivity index (χ2n) is 2.07. The molecule has 0 fully saturated rings. The van der Waals surface area contributed by atoms with Gasteiger partial charge in [0.15, 0.2) is 0 Å². The van der Waals surface area contributed by atoms with Gasteiger partial charge in [0.25, 0.3) is 0 Å². The van der Waals surface area contributed by atoms with Gasteiger partial charge in [-0.2, -0.15) is 0 Å². The van der Waals surface area contributed by atoms with Crippen LogP contribution in [0.15, 0.2) is 36.0 Å². The summed E-state index contributed by atoms with van der Waals surface area (Å²) in [6.07, 6.45) is 5.98. The molecule has 0 rings (SSSR count). The molecule has 0 heteroatoms. The molecule has 0 saturated heterocycles. The molecule has 0 amide bonds. The van der Waals surface area contributed by atoms with Crippen LogP contribution < -0.4 is 0 Å². The Labute approximate surface area is 78.7 Å².